The number of halogens is 1. The van der Waals surface area contributed by atoms with Gasteiger partial charge in [-0.15, -0.1) is 11.8 Å². The molecule has 2 rings (SSSR count). The number of benzene rings is 1. The van der Waals surface area contributed by atoms with Crippen molar-refractivity contribution in [2.45, 2.75) is 30.2 Å². The van der Waals surface area contributed by atoms with Crippen molar-refractivity contribution < 1.29 is 18.3 Å². The topological polar surface area (TPSA) is 74.7 Å². The van der Waals surface area contributed by atoms with Crippen molar-refractivity contribution in [3.63, 3.8) is 0 Å². The van der Waals surface area contributed by atoms with Gasteiger partial charge in [0.25, 0.3) is 0 Å². The summed E-state index contributed by atoms with van der Waals surface area (Å²) in [6.07, 6.45) is 0. The summed E-state index contributed by atoms with van der Waals surface area (Å²) in [5, 5.41) is 8.80. The summed E-state index contributed by atoms with van der Waals surface area (Å²) in [6, 6.07) is 3.88. The highest BCUT2D eigenvalue weighted by molar-refractivity contribution is 9.10. The van der Waals surface area contributed by atoms with Crippen LogP contribution in [0.3, 0.4) is 0 Å². The Hall–Kier alpha value is -0.570. The first-order chi connectivity index (χ1) is 9.25. The maximum atomic E-state index is 12.7. The van der Waals surface area contributed by atoms with E-state index in [1.54, 1.807) is 19.1 Å². The van der Waals surface area contributed by atoms with Crippen molar-refractivity contribution >= 4 is 43.7 Å². The lowest BCUT2D eigenvalue weighted by Gasteiger charge is -2.24. The molecule has 5 nitrogen and oxygen atoms in total. The van der Waals surface area contributed by atoms with Gasteiger partial charge in [0.1, 0.15) is 6.04 Å². The lowest BCUT2D eigenvalue weighted by atomic mass is 10.2. The number of aliphatic carboxylic acids is 1. The Kier molecular flexibility index (Phi) is 4.48. The molecule has 1 aromatic rings. The first-order valence-corrected chi connectivity index (χ1v) is 9.17. The molecule has 8 heteroatoms. The Morgan fingerprint density at radius 1 is 1.50 bits per heavy atom. The minimum absolute atomic E-state index is 0.101. The third-order valence-corrected chi connectivity index (χ3v) is 7.40. The van der Waals surface area contributed by atoms with E-state index >= 15 is 0 Å². The molecule has 20 heavy (non-hydrogen) atoms. The van der Waals surface area contributed by atoms with Gasteiger partial charge in [-0.05, 0) is 47.5 Å². The van der Waals surface area contributed by atoms with E-state index in [2.05, 4.69) is 15.9 Å². The van der Waals surface area contributed by atoms with Crippen molar-refractivity contribution in [3.8, 4) is 0 Å². The van der Waals surface area contributed by atoms with Gasteiger partial charge in [-0.25, -0.2) is 8.42 Å². The monoisotopic (exact) mass is 379 g/mol. The normalized spacial score (nSPS) is 23.9. The van der Waals surface area contributed by atoms with Crippen molar-refractivity contribution in [1.29, 1.82) is 0 Å². The fourth-order valence-corrected chi connectivity index (χ4v) is 6.55. The fraction of sp³-hybridized carbons (Fsp3) is 0.417. The van der Waals surface area contributed by atoms with Gasteiger partial charge < -0.3 is 5.11 Å². The zero-order chi connectivity index (χ0) is 15.1. The van der Waals surface area contributed by atoms with Crippen LogP contribution in [-0.2, 0) is 14.8 Å². The van der Waals surface area contributed by atoms with Gasteiger partial charge in [-0.2, -0.15) is 4.31 Å². The Balaban J connectivity index is 2.51. The molecule has 0 aromatic heterocycles. The van der Waals surface area contributed by atoms with Crippen LogP contribution in [0.15, 0.2) is 27.6 Å². The summed E-state index contributed by atoms with van der Waals surface area (Å²) in [4.78, 5) is 11.3. The van der Waals surface area contributed by atoms with Crippen LogP contribution in [-0.4, -0.2) is 41.0 Å². The summed E-state index contributed by atoms with van der Waals surface area (Å²) in [6.45, 7) is 3.56. The summed E-state index contributed by atoms with van der Waals surface area (Å²) in [5.74, 6) is -0.854. The van der Waals surface area contributed by atoms with E-state index in [0.717, 1.165) is 9.87 Å². The van der Waals surface area contributed by atoms with Crippen LogP contribution in [0.5, 0.6) is 0 Å². The van der Waals surface area contributed by atoms with Gasteiger partial charge >= 0.3 is 5.97 Å². The van der Waals surface area contributed by atoms with Crippen molar-refractivity contribution in [2.24, 2.45) is 0 Å². The zero-order valence-electron chi connectivity index (χ0n) is 10.9. The average Bonchev–Trinajstić information content (AvgIpc) is 2.71. The summed E-state index contributed by atoms with van der Waals surface area (Å²) >= 11 is 4.57. The van der Waals surface area contributed by atoms with Crippen LogP contribution >= 0.6 is 27.7 Å². The second-order valence-electron chi connectivity index (χ2n) is 4.56. The number of carboxylic acid groups (broad SMARTS) is 1. The van der Waals surface area contributed by atoms with Gasteiger partial charge in [-0.1, -0.05) is 6.07 Å². The van der Waals surface area contributed by atoms with Gasteiger partial charge in [-0.3, -0.25) is 4.79 Å². The second-order valence-corrected chi connectivity index (χ2v) is 8.57. The molecule has 0 amide bonds. The molecule has 1 aliphatic rings. The SMILES string of the molecule is Cc1ccc(S(=O)(=O)N2C(C)SCC2C(=O)O)c(Br)c1. The smallest absolute Gasteiger partial charge is 0.322 e. The predicted molar refractivity (Wildman–Crippen MR) is 81.2 cm³/mol. The lowest BCUT2D eigenvalue weighted by molar-refractivity contribution is -0.140. The molecule has 1 fully saturated rings. The van der Waals surface area contributed by atoms with Crippen molar-refractivity contribution in [2.75, 3.05) is 5.75 Å². The standard InChI is InChI=1S/C12H14BrNO4S2/c1-7-3-4-11(9(13)5-7)20(17,18)14-8(2)19-6-10(14)12(15)16/h3-5,8,10H,6H2,1-2H3,(H,15,16). The molecule has 0 radical (unpaired) electrons. The average molecular weight is 380 g/mol. The van der Waals surface area contributed by atoms with Crippen LogP contribution in [0.4, 0.5) is 0 Å². The molecule has 0 spiro atoms. The Labute approximate surface area is 130 Å². The van der Waals surface area contributed by atoms with Gasteiger partial charge in [0.2, 0.25) is 10.0 Å². The van der Waals surface area contributed by atoms with Crippen LogP contribution in [0, 0.1) is 6.92 Å². The van der Waals surface area contributed by atoms with E-state index in [1.165, 1.54) is 17.8 Å². The molecule has 0 aliphatic carbocycles. The fourth-order valence-electron chi connectivity index (χ4n) is 2.10. The number of aryl methyl sites for hydroxylation is 1. The number of nitrogens with zero attached hydrogens (tertiary/aromatic N) is 1. The molecule has 1 aromatic carbocycles. The summed E-state index contributed by atoms with van der Waals surface area (Å²) in [7, 11) is -3.84. The maximum absolute atomic E-state index is 12.7. The Morgan fingerprint density at radius 2 is 2.15 bits per heavy atom. The number of hydrogen-bond acceptors (Lipinski definition) is 4. The van der Waals surface area contributed by atoms with E-state index in [1.807, 2.05) is 6.92 Å². The molecule has 1 heterocycles. The number of hydrogen-bond donors (Lipinski definition) is 1. The molecule has 1 saturated heterocycles. The lowest BCUT2D eigenvalue weighted by Crippen LogP contribution is -2.44. The largest absolute Gasteiger partial charge is 0.480 e. The Bertz CT molecular complexity index is 647. The number of carbonyl (C=O) groups is 1. The highest BCUT2D eigenvalue weighted by atomic mass is 79.9. The quantitative estimate of drug-likeness (QED) is 0.871. The summed E-state index contributed by atoms with van der Waals surface area (Å²) in [5.41, 5.74) is 0.925. The number of sulfonamides is 1. The highest BCUT2D eigenvalue weighted by Gasteiger charge is 2.45. The van der Waals surface area contributed by atoms with Crippen LogP contribution in [0.2, 0.25) is 0 Å². The second kappa shape index (κ2) is 5.67. The molecule has 0 bridgehead atoms. The number of rotatable bonds is 3. The molecule has 110 valence electrons. The summed E-state index contributed by atoms with van der Waals surface area (Å²) < 4.78 is 27.0. The third kappa shape index (κ3) is 2.74. The molecule has 1 aliphatic heterocycles. The van der Waals surface area contributed by atoms with E-state index in [-0.39, 0.29) is 10.6 Å². The van der Waals surface area contributed by atoms with E-state index in [0.29, 0.717) is 4.47 Å². The van der Waals surface area contributed by atoms with Crippen LogP contribution in [0.25, 0.3) is 0 Å². The minimum atomic E-state index is -3.84. The van der Waals surface area contributed by atoms with Crippen molar-refractivity contribution in [3.05, 3.63) is 28.2 Å². The predicted octanol–water partition coefficient (Wildman–Crippen LogP) is 2.29. The van der Waals surface area contributed by atoms with Gasteiger partial charge in [0, 0.05) is 10.2 Å². The molecular weight excluding hydrogens is 366 g/mol. The van der Waals surface area contributed by atoms with Gasteiger partial charge in [0.15, 0.2) is 0 Å². The first kappa shape index (κ1) is 15.8. The first-order valence-electron chi connectivity index (χ1n) is 5.89. The Morgan fingerprint density at radius 3 is 2.70 bits per heavy atom. The molecule has 0 saturated carbocycles. The van der Waals surface area contributed by atoms with Gasteiger partial charge in [0.05, 0.1) is 10.3 Å². The van der Waals surface area contributed by atoms with E-state index in [4.69, 9.17) is 0 Å². The highest BCUT2D eigenvalue weighted by Crippen LogP contribution is 2.36. The molecule has 2 unspecified atom stereocenters. The minimum Gasteiger partial charge on any atom is -0.480 e. The maximum Gasteiger partial charge on any atom is 0.322 e. The van der Waals surface area contributed by atoms with E-state index in [9.17, 15) is 18.3 Å². The molecule has 2 atom stereocenters. The van der Waals surface area contributed by atoms with Crippen LogP contribution in [0.1, 0.15) is 12.5 Å². The van der Waals surface area contributed by atoms with E-state index < -0.39 is 27.4 Å². The van der Waals surface area contributed by atoms with Crippen LogP contribution < -0.4 is 0 Å². The third-order valence-electron chi connectivity index (χ3n) is 3.09. The molecule has 1 N–H and O–H groups in total. The number of carboxylic acids is 1. The number of thioether (sulfide) groups is 1. The molecular formula is C12H14BrNO4S2. The zero-order valence-corrected chi connectivity index (χ0v) is 14.1. The van der Waals surface area contributed by atoms with Crippen molar-refractivity contribution in [1.82, 2.24) is 4.31 Å².